The van der Waals surface area contributed by atoms with Gasteiger partial charge in [0.1, 0.15) is 0 Å². The molecule has 1 aliphatic rings. The summed E-state index contributed by atoms with van der Waals surface area (Å²) in [6.45, 7) is 6.77. The number of nitrogens with zero attached hydrogens (tertiary/aromatic N) is 1. The zero-order valence-electron chi connectivity index (χ0n) is 12.3. The number of aliphatic hydroxyl groups is 1. The van der Waals surface area contributed by atoms with E-state index in [1.807, 2.05) is 24.3 Å². The highest BCUT2D eigenvalue weighted by Gasteiger charge is 2.25. The van der Waals surface area contributed by atoms with Crippen LogP contribution >= 0.6 is 0 Å². The Morgan fingerprint density at radius 2 is 2.05 bits per heavy atom. The second kappa shape index (κ2) is 6.86. The topological polar surface area (TPSA) is 52.6 Å². The Kier molecular flexibility index (Phi) is 5.15. The molecule has 1 heterocycles. The van der Waals surface area contributed by atoms with Gasteiger partial charge >= 0.3 is 0 Å². The molecule has 1 aliphatic heterocycles. The Morgan fingerprint density at radius 1 is 1.30 bits per heavy atom. The molecule has 0 fully saturated rings. The molecule has 1 aromatic carbocycles. The number of hydrogen-bond donors (Lipinski definition) is 2. The summed E-state index contributed by atoms with van der Waals surface area (Å²) in [6.07, 6.45) is 0.358. The van der Waals surface area contributed by atoms with E-state index in [9.17, 15) is 9.90 Å². The van der Waals surface area contributed by atoms with Crippen molar-refractivity contribution in [1.29, 1.82) is 0 Å². The summed E-state index contributed by atoms with van der Waals surface area (Å²) >= 11 is 0. The van der Waals surface area contributed by atoms with E-state index in [4.69, 9.17) is 0 Å². The number of carbonyl (C=O) groups excluding carboxylic acids is 1. The number of β-amino-alcohol motifs (C(OH)–C–C–N with tert-alkyl or cyclic N) is 1. The van der Waals surface area contributed by atoms with Crippen LogP contribution in [0.2, 0.25) is 0 Å². The van der Waals surface area contributed by atoms with E-state index in [2.05, 4.69) is 19.2 Å². The molecular formula is C16H24N2O2. The van der Waals surface area contributed by atoms with Crippen molar-refractivity contribution in [2.45, 2.75) is 26.4 Å². The van der Waals surface area contributed by atoms with Gasteiger partial charge in [0.2, 0.25) is 0 Å². The van der Waals surface area contributed by atoms with Gasteiger partial charge in [0.05, 0.1) is 6.10 Å². The average molecular weight is 276 g/mol. The van der Waals surface area contributed by atoms with Crippen molar-refractivity contribution in [3.63, 3.8) is 0 Å². The van der Waals surface area contributed by atoms with Gasteiger partial charge in [0, 0.05) is 25.2 Å². The molecule has 0 radical (unpaired) electrons. The zero-order valence-corrected chi connectivity index (χ0v) is 12.3. The SMILES string of the molecule is CC(C)CNCC(O)CN1CCc2ccccc2C1=O. The van der Waals surface area contributed by atoms with E-state index in [0.29, 0.717) is 25.6 Å². The first kappa shape index (κ1) is 15.0. The summed E-state index contributed by atoms with van der Waals surface area (Å²) in [7, 11) is 0. The van der Waals surface area contributed by atoms with Crippen molar-refractivity contribution < 1.29 is 9.90 Å². The zero-order chi connectivity index (χ0) is 14.5. The summed E-state index contributed by atoms with van der Waals surface area (Å²) in [5.41, 5.74) is 1.89. The van der Waals surface area contributed by atoms with Crippen molar-refractivity contribution >= 4 is 5.91 Å². The second-order valence-electron chi connectivity index (χ2n) is 5.86. The van der Waals surface area contributed by atoms with Crippen LogP contribution in [0, 0.1) is 5.92 Å². The van der Waals surface area contributed by atoms with Gasteiger partial charge in [-0.1, -0.05) is 32.0 Å². The lowest BCUT2D eigenvalue weighted by Gasteiger charge is -2.30. The van der Waals surface area contributed by atoms with Crippen LogP contribution in [-0.2, 0) is 6.42 Å². The molecule has 4 nitrogen and oxygen atoms in total. The van der Waals surface area contributed by atoms with Crippen LogP contribution in [0.5, 0.6) is 0 Å². The van der Waals surface area contributed by atoms with Crippen LogP contribution in [0.3, 0.4) is 0 Å². The first-order chi connectivity index (χ1) is 9.58. The van der Waals surface area contributed by atoms with Crippen LogP contribution in [0.1, 0.15) is 29.8 Å². The third-order valence-corrected chi connectivity index (χ3v) is 3.55. The van der Waals surface area contributed by atoms with E-state index in [-0.39, 0.29) is 5.91 Å². The maximum Gasteiger partial charge on any atom is 0.254 e. The molecule has 1 amide bonds. The fourth-order valence-corrected chi connectivity index (χ4v) is 2.51. The lowest BCUT2D eigenvalue weighted by Crippen LogP contribution is -2.45. The molecule has 0 saturated heterocycles. The van der Waals surface area contributed by atoms with Gasteiger partial charge in [-0.3, -0.25) is 4.79 Å². The van der Waals surface area contributed by atoms with Crippen molar-refractivity contribution in [3.8, 4) is 0 Å². The standard InChI is InChI=1S/C16H24N2O2/c1-12(2)9-17-10-14(19)11-18-8-7-13-5-3-4-6-15(13)16(18)20/h3-6,12,14,17,19H,7-11H2,1-2H3. The van der Waals surface area contributed by atoms with Gasteiger partial charge in [-0.25, -0.2) is 0 Å². The molecule has 4 heteroatoms. The smallest absolute Gasteiger partial charge is 0.254 e. The molecule has 0 aliphatic carbocycles. The first-order valence-corrected chi connectivity index (χ1v) is 7.34. The molecule has 0 aromatic heterocycles. The Morgan fingerprint density at radius 3 is 2.80 bits per heavy atom. The van der Waals surface area contributed by atoms with E-state index in [0.717, 1.165) is 24.1 Å². The number of amides is 1. The minimum atomic E-state index is -0.511. The molecule has 2 N–H and O–H groups in total. The summed E-state index contributed by atoms with van der Waals surface area (Å²) < 4.78 is 0. The minimum Gasteiger partial charge on any atom is -0.390 e. The summed E-state index contributed by atoms with van der Waals surface area (Å²) in [5.74, 6) is 0.598. The van der Waals surface area contributed by atoms with Gasteiger partial charge in [-0.15, -0.1) is 0 Å². The van der Waals surface area contributed by atoms with E-state index < -0.39 is 6.10 Å². The number of fused-ring (bicyclic) bond motifs is 1. The maximum atomic E-state index is 12.3. The second-order valence-corrected chi connectivity index (χ2v) is 5.86. The van der Waals surface area contributed by atoms with Gasteiger partial charge in [0.15, 0.2) is 0 Å². The Labute approximate surface area is 120 Å². The number of hydrogen-bond acceptors (Lipinski definition) is 3. The van der Waals surface area contributed by atoms with Crippen LogP contribution < -0.4 is 5.32 Å². The minimum absolute atomic E-state index is 0.0368. The highest BCUT2D eigenvalue weighted by molar-refractivity contribution is 5.96. The quantitative estimate of drug-likeness (QED) is 0.823. The number of benzene rings is 1. The first-order valence-electron chi connectivity index (χ1n) is 7.34. The monoisotopic (exact) mass is 276 g/mol. The predicted molar refractivity (Wildman–Crippen MR) is 79.8 cm³/mol. The lowest BCUT2D eigenvalue weighted by atomic mass is 9.99. The van der Waals surface area contributed by atoms with Crippen molar-refractivity contribution in [2.75, 3.05) is 26.2 Å². The molecular weight excluding hydrogens is 252 g/mol. The number of aliphatic hydroxyl groups excluding tert-OH is 1. The van der Waals surface area contributed by atoms with Crippen molar-refractivity contribution in [1.82, 2.24) is 10.2 Å². The van der Waals surface area contributed by atoms with Crippen molar-refractivity contribution in [2.24, 2.45) is 5.92 Å². The molecule has 0 bridgehead atoms. The molecule has 0 spiro atoms. The lowest BCUT2D eigenvalue weighted by molar-refractivity contribution is 0.0604. The molecule has 2 rings (SSSR count). The van der Waals surface area contributed by atoms with Gasteiger partial charge in [-0.2, -0.15) is 0 Å². The third-order valence-electron chi connectivity index (χ3n) is 3.55. The fourth-order valence-electron chi connectivity index (χ4n) is 2.51. The molecule has 0 saturated carbocycles. The van der Waals surface area contributed by atoms with Crippen LogP contribution in [0.4, 0.5) is 0 Å². The predicted octanol–water partition coefficient (Wildman–Crippen LogP) is 1.29. The fraction of sp³-hybridized carbons (Fsp3) is 0.562. The van der Waals surface area contributed by atoms with Gasteiger partial charge in [-0.05, 0) is 30.5 Å². The van der Waals surface area contributed by atoms with E-state index in [1.165, 1.54) is 0 Å². The van der Waals surface area contributed by atoms with Gasteiger partial charge in [0.25, 0.3) is 5.91 Å². The van der Waals surface area contributed by atoms with Gasteiger partial charge < -0.3 is 15.3 Å². The van der Waals surface area contributed by atoms with Crippen LogP contribution in [0.15, 0.2) is 24.3 Å². The molecule has 1 unspecified atom stereocenters. The van der Waals surface area contributed by atoms with Crippen molar-refractivity contribution in [3.05, 3.63) is 35.4 Å². The third kappa shape index (κ3) is 3.81. The van der Waals surface area contributed by atoms with Crippen LogP contribution in [0.25, 0.3) is 0 Å². The Hall–Kier alpha value is -1.39. The highest BCUT2D eigenvalue weighted by atomic mass is 16.3. The summed E-state index contributed by atoms with van der Waals surface area (Å²) in [6, 6.07) is 7.73. The van der Waals surface area contributed by atoms with Crippen LogP contribution in [-0.4, -0.2) is 48.2 Å². The summed E-state index contributed by atoms with van der Waals surface area (Å²) in [5, 5.41) is 13.2. The molecule has 1 aromatic rings. The largest absolute Gasteiger partial charge is 0.390 e. The Bertz CT molecular complexity index is 460. The summed E-state index contributed by atoms with van der Waals surface area (Å²) in [4.78, 5) is 14.1. The molecule has 1 atom stereocenters. The van der Waals surface area contributed by atoms with E-state index >= 15 is 0 Å². The number of rotatable bonds is 6. The average Bonchev–Trinajstić information content (AvgIpc) is 2.42. The molecule has 110 valence electrons. The normalized spacial score (nSPS) is 16.4. The Balaban J connectivity index is 1.87. The maximum absolute atomic E-state index is 12.3. The number of carbonyl (C=O) groups is 1. The van der Waals surface area contributed by atoms with E-state index in [1.54, 1.807) is 4.90 Å². The number of nitrogens with one attached hydrogen (secondary N) is 1. The molecule has 20 heavy (non-hydrogen) atoms. The highest BCUT2D eigenvalue weighted by Crippen LogP contribution is 2.18.